The van der Waals surface area contributed by atoms with Crippen molar-refractivity contribution in [2.45, 2.75) is 12.0 Å². The van der Waals surface area contributed by atoms with Crippen molar-refractivity contribution in [3.05, 3.63) is 65.7 Å². The van der Waals surface area contributed by atoms with Crippen molar-refractivity contribution in [2.24, 2.45) is 10.7 Å². The second kappa shape index (κ2) is 7.38. The molecule has 4 nitrogen and oxygen atoms in total. The van der Waals surface area contributed by atoms with E-state index in [4.69, 9.17) is 5.73 Å². The minimum atomic E-state index is -1.34. The van der Waals surface area contributed by atoms with Gasteiger partial charge < -0.3 is 10.8 Å². The van der Waals surface area contributed by atoms with E-state index < -0.39 is 5.60 Å². The minimum Gasteiger partial charge on any atom is -0.379 e. The Bertz CT molecular complexity index is 634. The van der Waals surface area contributed by atoms with Gasteiger partial charge in [-0.05, 0) is 36.1 Å². The third kappa shape index (κ3) is 3.84. The van der Waals surface area contributed by atoms with Crippen molar-refractivity contribution >= 4 is 16.9 Å². The molecule has 0 aliphatic carbocycles. The Morgan fingerprint density at radius 1 is 1.32 bits per heavy atom. The molecular formula is C16H18FN3OS. The summed E-state index contributed by atoms with van der Waals surface area (Å²) >= 11 is 1.35. The number of nitrogens with two attached hydrogens (primary N) is 1. The first-order valence-electron chi connectivity index (χ1n) is 6.80. The number of amidine groups is 1. The number of thioether (sulfide) groups is 1. The second-order valence-electron chi connectivity index (χ2n) is 4.76. The highest BCUT2D eigenvalue weighted by atomic mass is 32.2. The van der Waals surface area contributed by atoms with Gasteiger partial charge in [-0.25, -0.2) is 4.39 Å². The lowest BCUT2D eigenvalue weighted by atomic mass is 9.87. The fourth-order valence-corrected chi connectivity index (χ4v) is 2.37. The quantitative estimate of drug-likeness (QED) is 0.656. The number of benzene rings is 1. The molecular weight excluding hydrogens is 301 g/mol. The zero-order valence-electron chi connectivity index (χ0n) is 12.2. The zero-order chi connectivity index (χ0) is 16.0. The third-order valence-electron chi connectivity index (χ3n) is 3.36. The zero-order valence-corrected chi connectivity index (χ0v) is 13.1. The van der Waals surface area contributed by atoms with E-state index in [9.17, 15) is 9.50 Å². The number of rotatable bonds is 5. The summed E-state index contributed by atoms with van der Waals surface area (Å²) in [6.07, 6.45) is 3.75. The van der Waals surface area contributed by atoms with Gasteiger partial charge in [0.15, 0.2) is 5.17 Å². The van der Waals surface area contributed by atoms with Crippen LogP contribution in [-0.2, 0) is 5.60 Å². The molecule has 116 valence electrons. The van der Waals surface area contributed by atoms with Crippen LogP contribution < -0.4 is 5.73 Å². The first kappa shape index (κ1) is 16.5. The lowest BCUT2D eigenvalue weighted by molar-refractivity contribution is 0.0692. The molecule has 0 aliphatic heterocycles. The maximum atomic E-state index is 13.1. The van der Waals surface area contributed by atoms with E-state index in [-0.39, 0.29) is 5.82 Å². The predicted molar refractivity (Wildman–Crippen MR) is 88.3 cm³/mol. The molecule has 0 spiro atoms. The van der Waals surface area contributed by atoms with Gasteiger partial charge in [0, 0.05) is 19.2 Å². The van der Waals surface area contributed by atoms with E-state index >= 15 is 0 Å². The van der Waals surface area contributed by atoms with Crippen molar-refractivity contribution in [2.75, 3.05) is 12.8 Å². The molecule has 1 aromatic heterocycles. The Morgan fingerprint density at radius 3 is 2.64 bits per heavy atom. The molecule has 1 unspecified atom stereocenters. The van der Waals surface area contributed by atoms with Crippen LogP contribution in [0.15, 0.2) is 53.7 Å². The number of aliphatic hydroxyl groups is 1. The smallest absolute Gasteiger partial charge is 0.153 e. The highest BCUT2D eigenvalue weighted by Gasteiger charge is 2.32. The maximum Gasteiger partial charge on any atom is 0.153 e. The van der Waals surface area contributed by atoms with Gasteiger partial charge in [0.2, 0.25) is 0 Å². The number of hydrogen-bond donors (Lipinski definition) is 2. The van der Waals surface area contributed by atoms with Crippen LogP contribution in [0, 0.1) is 5.82 Å². The Labute approximate surface area is 133 Å². The molecule has 6 heteroatoms. The summed E-state index contributed by atoms with van der Waals surface area (Å²) in [7, 11) is 0. The van der Waals surface area contributed by atoms with Crippen molar-refractivity contribution in [1.29, 1.82) is 0 Å². The maximum absolute atomic E-state index is 13.1. The highest BCUT2D eigenvalue weighted by Crippen LogP contribution is 2.31. The van der Waals surface area contributed by atoms with Crippen molar-refractivity contribution in [3.8, 4) is 0 Å². The molecule has 2 rings (SSSR count). The monoisotopic (exact) mass is 319 g/mol. The van der Waals surface area contributed by atoms with Crippen LogP contribution in [0.25, 0.3) is 0 Å². The highest BCUT2D eigenvalue weighted by molar-refractivity contribution is 8.13. The number of pyridine rings is 1. The van der Waals surface area contributed by atoms with Crippen LogP contribution in [-0.4, -0.2) is 28.1 Å². The second-order valence-corrected chi connectivity index (χ2v) is 5.58. The molecule has 22 heavy (non-hydrogen) atoms. The molecule has 0 aliphatic rings. The summed E-state index contributed by atoms with van der Waals surface area (Å²) in [6, 6.07) is 11.1. The molecule has 1 aromatic carbocycles. The predicted octanol–water partition coefficient (Wildman–Crippen LogP) is 2.52. The summed E-state index contributed by atoms with van der Waals surface area (Å²) in [4.78, 5) is 8.43. The number of hydrogen-bond acceptors (Lipinski definition) is 4. The molecule has 3 N–H and O–H groups in total. The Kier molecular flexibility index (Phi) is 5.51. The standard InChI is InChI=1S/C16H18FN3OS/c1-22-15(18)20-11-9-16(21,14-4-2-3-10-19-14)12-5-7-13(17)8-6-12/h2-8,10,21H,9,11H2,1H3,(H2,18,20). The fourth-order valence-electron chi connectivity index (χ4n) is 2.15. The van der Waals surface area contributed by atoms with Gasteiger partial charge >= 0.3 is 0 Å². The molecule has 0 saturated heterocycles. The molecule has 0 amide bonds. The Morgan fingerprint density at radius 2 is 2.05 bits per heavy atom. The molecule has 1 atom stereocenters. The average molecular weight is 319 g/mol. The summed E-state index contributed by atoms with van der Waals surface area (Å²) in [5.74, 6) is -0.350. The van der Waals surface area contributed by atoms with E-state index in [1.807, 2.05) is 6.26 Å². The Balaban J connectivity index is 2.34. The van der Waals surface area contributed by atoms with E-state index in [2.05, 4.69) is 9.98 Å². The van der Waals surface area contributed by atoms with Crippen LogP contribution in [0.4, 0.5) is 4.39 Å². The summed E-state index contributed by atoms with van der Waals surface area (Å²) in [5.41, 5.74) is 5.40. The Hall–Kier alpha value is -1.92. The van der Waals surface area contributed by atoms with Gasteiger partial charge in [0.05, 0.1) is 5.69 Å². The van der Waals surface area contributed by atoms with Crippen molar-refractivity contribution in [1.82, 2.24) is 4.98 Å². The number of aromatic nitrogens is 1. The molecule has 0 bridgehead atoms. The SMILES string of the molecule is CSC(N)=NCCC(O)(c1ccc(F)cc1)c1ccccn1. The van der Waals surface area contributed by atoms with Crippen LogP contribution >= 0.6 is 11.8 Å². The van der Waals surface area contributed by atoms with E-state index in [1.165, 1.54) is 23.9 Å². The summed E-state index contributed by atoms with van der Waals surface area (Å²) in [5, 5.41) is 11.6. The van der Waals surface area contributed by atoms with Gasteiger partial charge in [-0.1, -0.05) is 30.0 Å². The van der Waals surface area contributed by atoms with Gasteiger partial charge in [-0.2, -0.15) is 0 Å². The van der Waals surface area contributed by atoms with Crippen molar-refractivity contribution in [3.63, 3.8) is 0 Å². The fraction of sp³-hybridized carbons (Fsp3) is 0.250. The van der Waals surface area contributed by atoms with Crippen LogP contribution in [0.5, 0.6) is 0 Å². The number of nitrogens with zero attached hydrogens (tertiary/aromatic N) is 2. The topological polar surface area (TPSA) is 71.5 Å². The van der Waals surface area contributed by atoms with Crippen molar-refractivity contribution < 1.29 is 9.50 Å². The van der Waals surface area contributed by atoms with Gasteiger partial charge in [-0.15, -0.1) is 0 Å². The lowest BCUT2D eigenvalue weighted by Crippen LogP contribution is -2.29. The van der Waals surface area contributed by atoms with E-state index in [0.717, 1.165) is 0 Å². The molecule has 0 saturated carbocycles. The molecule has 0 radical (unpaired) electrons. The van der Waals surface area contributed by atoms with Crippen LogP contribution in [0.2, 0.25) is 0 Å². The van der Waals surface area contributed by atoms with Gasteiger partial charge in [-0.3, -0.25) is 9.98 Å². The lowest BCUT2D eigenvalue weighted by Gasteiger charge is -2.27. The normalized spacial score (nSPS) is 14.6. The van der Waals surface area contributed by atoms with E-state index in [0.29, 0.717) is 29.4 Å². The first-order valence-corrected chi connectivity index (χ1v) is 8.02. The third-order valence-corrected chi connectivity index (χ3v) is 3.91. The molecule has 2 aromatic rings. The summed E-state index contributed by atoms with van der Waals surface area (Å²) < 4.78 is 13.1. The first-order chi connectivity index (χ1) is 10.6. The number of aliphatic imine (C=N–C) groups is 1. The summed E-state index contributed by atoms with van der Waals surface area (Å²) in [6.45, 7) is 0.344. The van der Waals surface area contributed by atoms with Gasteiger partial charge in [0.25, 0.3) is 0 Å². The number of halogens is 1. The molecule has 1 heterocycles. The van der Waals surface area contributed by atoms with E-state index in [1.54, 1.807) is 36.5 Å². The van der Waals surface area contributed by atoms with Crippen LogP contribution in [0.1, 0.15) is 17.7 Å². The average Bonchev–Trinajstić information content (AvgIpc) is 2.56. The molecule has 0 fully saturated rings. The van der Waals surface area contributed by atoms with Crippen LogP contribution in [0.3, 0.4) is 0 Å². The largest absolute Gasteiger partial charge is 0.379 e. The van der Waals surface area contributed by atoms with Gasteiger partial charge in [0.1, 0.15) is 11.4 Å². The minimum absolute atomic E-state index is 0.302.